The van der Waals surface area contributed by atoms with Crippen molar-refractivity contribution in [1.82, 2.24) is 15.1 Å². The average Bonchev–Trinajstić information content (AvgIpc) is 2.93. The molecule has 1 N–H and O–H groups in total. The molecule has 0 aliphatic carbocycles. The molecule has 1 heterocycles. The van der Waals surface area contributed by atoms with Crippen molar-refractivity contribution in [3.05, 3.63) is 101 Å². The van der Waals surface area contributed by atoms with Gasteiger partial charge in [-0.15, -0.1) is 0 Å². The van der Waals surface area contributed by atoms with E-state index in [2.05, 4.69) is 48.0 Å². The summed E-state index contributed by atoms with van der Waals surface area (Å²) in [5, 5.41) is 3.35. The summed E-state index contributed by atoms with van der Waals surface area (Å²) in [7, 11) is 0. The normalized spacial score (nSPS) is 15.2. The maximum absolute atomic E-state index is 13.8. The number of allylic oxidation sites excluding steroid dienone is 2. The molecule has 1 aliphatic heterocycles. The third-order valence-corrected chi connectivity index (χ3v) is 7.48. The molecule has 40 heavy (non-hydrogen) atoms. The Morgan fingerprint density at radius 1 is 0.825 bits per heavy atom. The van der Waals surface area contributed by atoms with Crippen molar-refractivity contribution in [3.8, 4) is 0 Å². The van der Waals surface area contributed by atoms with Crippen LogP contribution in [0.25, 0.3) is 5.57 Å². The van der Waals surface area contributed by atoms with Crippen LogP contribution < -0.4 is 5.32 Å². The monoisotopic (exact) mass is 549 g/mol. The van der Waals surface area contributed by atoms with Gasteiger partial charge in [-0.05, 0) is 98.2 Å². The minimum Gasteiger partial charge on any atom is -0.391 e. The van der Waals surface area contributed by atoms with Crippen molar-refractivity contribution in [2.75, 3.05) is 45.8 Å². The number of hydrogen-bond acceptors (Lipinski definition) is 3. The van der Waals surface area contributed by atoms with Crippen LogP contribution in [0.15, 0.2) is 78.5 Å². The third-order valence-electron chi connectivity index (χ3n) is 7.48. The van der Waals surface area contributed by atoms with Crippen LogP contribution >= 0.6 is 0 Å². The van der Waals surface area contributed by atoms with Gasteiger partial charge in [-0.25, -0.2) is 8.78 Å². The molecule has 0 radical (unpaired) electrons. The van der Waals surface area contributed by atoms with Crippen molar-refractivity contribution >= 4 is 5.57 Å². The summed E-state index contributed by atoms with van der Waals surface area (Å²) in [6.07, 6.45) is 13.8. The van der Waals surface area contributed by atoms with Gasteiger partial charge in [-0.1, -0.05) is 68.8 Å². The van der Waals surface area contributed by atoms with Crippen molar-refractivity contribution < 1.29 is 8.78 Å². The topological polar surface area (TPSA) is 18.5 Å². The molecule has 3 rings (SSSR count). The Hall–Kier alpha value is -2.76. The second kappa shape index (κ2) is 16.5. The Kier molecular flexibility index (Phi) is 13.1. The fourth-order valence-electron chi connectivity index (χ4n) is 5.23. The van der Waals surface area contributed by atoms with E-state index in [1.807, 2.05) is 43.5 Å². The number of rotatable bonds is 14. The van der Waals surface area contributed by atoms with Gasteiger partial charge in [0.1, 0.15) is 11.6 Å². The first-order valence-corrected chi connectivity index (χ1v) is 14.9. The molecular formula is C35H49F2N3. The van der Waals surface area contributed by atoms with Gasteiger partial charge in [-0.3, -0.25) is 4.90 Å². The Bertz CT molecular complexity index is 1040. The molecule has 2 aromatic rings. The van der Waals surface area contributed by atoms with Crippen molar-refractivity contribution in [3.63, 3.8) is 0 Å². The molecule has 3 nitrogen and oxygen atoms in total. The first-order valence-electron chi connectivity index (χ1n) is 14.9. The summed E-state index contributed by atoms with van der Waals surface area (Å²) >= 11 is 0. The summed E-state index contributed by atoms with van der Waals surface area (Å²) in [4.78, 5) is 5.15. The molecule has 1 aliphatic rings. The third kappa shape index (κ3) is 11.4. The van der Waals surface area contributed by atoms with Crippen molar-refractivity contribution in [2.24, 2.45) is 5.41 Å². The Balaban J connectivity index is 1.63. The maximum atomic E-state index is 13.8. The van der Waals surface area contributed by atoms with E-state index in [9.17, 15) is 8.78 Å². The number of piperazine rings is 1. The molecule has 0 unspecified atom stereocenters. The van der Waals surface area contributed by atoms with E-state index in [1.165, 1.54) is 49.2 Å². The molecule has 0 aromatic heterocycles. The van der Waals surface area contributed by atoms with E-state index >= 15 is 0 Å². The summed E-state index contributed by atoms with van der Waals surface area (Å²) in [6.45, 7) is 16.5. The van der Waals surface area contributed by atoms with E-state index in [-0.39, 0.29) is 11.6 Å². The van der Waals surface area contributed by atoms with Gasteiger partial charge in [0.2, 0.25) is 0 Å². The molecule has 0 atom stereocenters. The van der Waals surface area contributed by atoms with Crippen LogP contribution in [0.1, 0.15) is 70.9 Å². The highest BCUT2D eigenvalue weighted by Gasteiger charge is 2.17. The lowest BCUT2D eigenvalue weighted by molar-refractivity contribution is 0.137. The fourth-order valence-corrected chi connectivity index (χ4v) is 5.23. The van der Waals surface area contributed by atoms with E-state index in [4.69, 9.17) is 0 Å². The summed E-state index contributed by atoms with van der Waals surface area (Å²) in [5.74, 6) is -0.514. The molecule has 0 spiro atoms. The second-order valence-corrected chi connectivity index (χ2v) is 12.0. The summed E-state index contributed by atoms with van der Waals surface area (Å²) in [6, 6.07) is 13.3. The standard InChI is InChI=1S/C35H49F2N3/c1-5-21-38-22-19-29(34(30-11-15-32(36)16-12-30)31-13-17-33(37)18-14-31)10-7-6-8-23-39-25-27-40(28-26-39)24-9-20-35(2,3)4/h5-6,8,11-18,21,38H,7,9-10,19-20,22-28H2,1-4H3/b8-6+,21-5-. The summed E-state index contributed by atoms with van der Waals surface area (Å²) < 4.78 is 27.5. The van der Waals surface area contributed by atoms with Crippen LogP contribution in [0.3, 0.4) is 0 Å². The lowest BCUT2D eigenvalue weighted by atomic mass is 9.89. The predicted octanol–water partition coefficient (Wildman–Crippen LogP) is 8.06. The van der Waals surface area contributed by atoms with Gasteiger partial charge in [-0.2, -0.15) is 0 Å². The molecule has 0 saturated carbocycles. The highest BCUT2D eigenvalue weighted by Crippen LogP contribution is 2.31. The highest BCUT2D eigenvalue weighted by molar-refractivity contribution is 5.82. The maximum Gasteiger partial charge on any atom is 0.123 e. The minimum absolute atomic E-state index is 0.257. The molecule has 1 fully saturated rings. The lowest BCUT2D eigenvalue weighted by Crippen LogP contribution is -2.46. The first-order chi connectivity index (χ1) is 19.2. The Labute approximate surface area is 241 Å². The average molecular weight is 550 g/mol. The fraction of sp³-hybridized carbons (Fsp3) is 0.486. The largest absolute Gasteiger partial charge is 0.391 e. The predicted molar refractivity (Wildman–Crippen MR) is 166 cm³/mol. The minimum atomic E-state index is -0.257. The summed E-state index contributed by atoms with van der Waals surface area (Å²) in [5.41, 5.74) is 4.68. The van der Waals surface area contributed by atoms with E-state index in [0.717, 1.165) is 75.2 Å². The molecule has 5 heteroatoms. The SMILES string of the molecule is C/C=C\NCCC(CC/C=C/CN1CCN(CCCC(C)(C)C)CC1)=C(c1ccc(F)cc1)c1ccc(F)cc1. The zero-order valence-corrected chi connectivity index (χ0v) is 25.1. The van der Waals surface area contributed by atoms with Crippen molar-refractivity contribution in [2.45, 2.75) is 59.8 Å². The number of nitrogens with zero attached hydrogens (tertiary/aromatic N) is 2. The smallest absolute Gasteiger partial charge is 0.123 e. The molecule has 218 valence electrons. The van der Waals surface area contributed by atoms with Gasteiger partial charge in [0.25, 0.3) is 0 Å². The van der Waals surface area contributed by atoms with Crippen LogP contribution in [0, 0.1) is 17.0 Å². The van der Waals surface area contributed by atoms with Crippen LogP contribution in [0.4, 0.5) is 8.78 Å². The first kappa shape index (κ1) is 31.8. The van der Waals surface area contributed by atoms with Gasteiger partial charge >= 0.3 is 0 Å². The lowest BCUT2D eigenvalue weighted by Gasteiger charge is -2.34. The molecule has 0 amide bonds. The highest BCUT2D eigenvalue weighted by atomic mass is 19.1. The Morgan fingerprint density at radius 3 is 1.95 bits per heavy atom. The number of halogens is 2. The number of hydrogen-bond donors (Lipinski definition) is 1. The molecule has 1 saturated heterocycles. The Morgan fingerprint density at radius 2 is 1.40 bits per heavy atom. The van der Waals surface area contributed by atoms with Gasteiger partial charge in [0, 0.05) is 39.3 Å². The zero-order chi connectivity index (χ0) is 28.8. The number of nitrogens with one attached hydrogen (secondary N) is 1. The zero-order valence-electron chi connectivity index (χ0n) is 25.1. The van der Waals surface area contributed by atoms with E-state index < -0.39 is 0 Å². The van der Waals surface area contributed by atoms with Gasteiger partial charge < -0.3 is 10.2 Å². The van der Waals surface area contributed by atoms with Gasteiger partial charge in [0.15, 0.2) is 0 Å². The molecule has 2 aromatic carbocycles. The van der Waals surface area contributed by atoms with Gasteiger partial charge in [0.05, 0.1) is 0 Å². The molecule has 0 bridgehead atoms. The van der Waals surface area contributed by atoms with Crippen LogP contribution in [0.2, 0.25) is 0 Å². The van der Waals surface area contributed by atoms with Crippen LogP contribution in [0.5, 0.6) is 0 Å². The quantitative estimate of drug-likeness (QED) is 0.190. The number of benzene rings is 2. The van der Waals surface area contributed by atoms with E-state index in [1.54, 1.807) is 0 Å². The van der Waals surface area contributed by atoms with Crippen LogP contribution in [-0.2, 0) is 0 Å². The van der Waals surface area contributed by atoms with Crippen LogP contribution in [-0.4, -0.2) is 55.6 Å². The second-order valence-electron chi connectivity index (χ2n) is 12.0. The van der Waals surface area contributed by atoms with Crippen molar-refractivity contribution in [1.29, 1.82) is 0 Å². The molecular weight excluding hydrogens is 500 g/mol. The van der Waals surface area contributed by atoms with E-state index in [0.29, 0.717) is 5.41 Å².